The van der Waals surface area contributed by atoms with E-state index in [0.29, 0.717) is 12.6 Å². The zero-order valence-electron chi connectivity index (χ0n) is 16.3. The number of rotatable bonds is 6. The van der Waals surface area contributed by atoms with E-state index in [1.165, 1.54) is 18.5 Å². The van der Waals surface area contributed by atoms with Gasteiger partial charge < -0.3 is 14.2 Å². The van der Waals surface area contributed by atoms with E-state index < -0.39 is 0 Å². The fourth-order valence-electron chi connectivity index (χ4n) is 3.46. The maximum absolute atomic E-state index is 12.8. The van der Waals surface area contributed by atoms with Crippen LogP contribution >= 0.6 is 0 Å². The van der Waals surface area contributed by atoms with Crippen molar-refractivity contribution in [2.24, 2.45) is 0 Å². The lowest BCUT2D eigenvalue weighted by Gasteiger charge is -2.17. The van der Waals surface area contributed by atoms with Crippen molar-refractivity contribution in [1.29, 1.82) is 5.26 Å². The van der Waals surface area contributed by atoms with Gasteiger partial charge in [-0.15, -0.1) is 0 Å². The Hall–Kier alpha value is -3.00. The largest absolute Gasteiger partial charge is 0.497 e. The second kappa shape index (κ2) is 7.71. The van der Waals surface area contributed by atoms with Crippen molar-refractivity contribution in [1.82, 2.24) is 9.47 Å². The first-order valence-electron chi connectivity index (χ1n) is 9.13. The molecule has 0 radical (unpaired) electrons. The first-order chi connectivity index (χ1) is 12.9. The van der Waals surface area contributed by atoms with Crippen molar-refractivity contribution in [3.05, 3.63) is 58.4 Å². The van der Waals surface area contributed by atoms with Crippen LogP contribution in [0, 0.1) is 25.2 Å². The number of hydrogen-bond donors (Lipinski definition) is 0. The van der Waals surface area contributed by atoms with Gasteiger partial charge in [0.1, 0.15) is 17.4 Å². The van der Waals surface area contributed by atoms with Crippen LogP contribution in [-0.2, 0) is 11.3 Å². The van der Waals surface area contributed by atoms with E-state index in [0.717, 1.165) is 22.6 Å². The van der Waals surface area contributed by atoms with Gasteiger partial charge in [0.05, 0.1) is 7.11 Å². The Morgan fingerprint density at radius 2 is 2.11 bits per heavy atom. The van der Waals surface area contributed by atoms with Crippen molar-refractivity contribution in [2.45, 2.75) is 39.3 Å². The second-order valence-electron chi connectivity index (χ2n) is 7.11. The summed E-state index contributed by atoms with van der Waals surface area (Å²) in [6.45, 7) is 4.54. The number of nitrogens with zero attached hydrogens (tertiary/aromatic N) is 3. The van der Waals surface area contributed by atoms with E-state index in [4.69, 9.17) is 4.74 Å². The summed E-state index contributed by atoms with van der Waals surface area (Å²) >= 11 is 0. The molecule has 0 atom stereocenters. The van der Waals surface area contributed by atoms with Crippen LogP contribution in [0.2, 0.25) is 0 Å². The SMILES string of the molecule is COc1cccc(CN(C)C(=O)/C(C#N)=C/c2cc(C)n(C3CC3)c2C)c1. The summed E-state index contributed by atoms with van der Waals surface area (Å²) < 4.78 is 7.54. The lowest BCUT2D eigenvalue weighted by atomic mass is 10.1. The summed E-state index contributed by atoms with van der Waals surface area (Å²) in [4.78, 5) is 14.3. The minimum absolute atomic E-state index is 0.149. The Labute approximate surface area is 160 Å². The standard InChI is InChI=1S/C22H25N3O2/c1-15-10-18(16(2)25(15)20-8-9-20)12-19(13-23)22(26)24(3)14-17-6-5-7-21(11-17)27-4/h5-7,10-12,20H,8-9,14H2,1-4H3/b19-12+. The molecule has 0 aliphatic heterocycles. The molecule has 0 bridgehead atoms. The molecule has 1 fully saturated rings. The molecule has 5 heteroatoms. The molecule has 1 aliphatic carbocycles. The Kier molecular flexibility index (Phi) is 5.36. The summed E-state index contributed by atoms with van der Waals surface area (Å²) in [6.07, 6.45) is 4.12. The van der Waals surface area contributed by atoms with Crippen LogP contribution in [0.1, 0.15) is 41.4 Å². The Morgan fingerprint density at radius 1 is 1.37 bits per heavy atom. The molecular formula is C22H25N3O2. The molecule has 1 saturated carbocycles. The fraction of sp³-hybridized carbons (Fsp3) is 0.364. The van der Waals surface area contributed by atoms with Gasteiger partial charge in [0.25, 0.3) is 5.91 Å². The summed E-state index contributed by atoms with van der Waals surface area (Å²) in [7, 11) is 3.32. The monoisotopic (exact) mass is 363 g/mol. The van der Waals surface area contributed by atoms with Gasteiger partial charge in [-0.3, -0.25) is 4.79 Å². The number of ether oxygens (including phenoxy) is 1. The number of carbonyl (C=O) groups is 1. The molecule has 5 nitrogen and oxygen atoms in total. The van der Waals surface area contributed by atoms with Crippen LogP contribution < -0.4 is 4.74 Å². The molecule has 1 aromatic heterocycles. The van der Waals surface area contributed by atoms with Gasteiger partial charge in [-0.25, -0.2) is 0 Å². The highest BCUT2D eigenvalue weighted by Crippen LogP contribution is 2.38. The van der Waals surface area contributed by atoms with E-state index in [-0.39, 0.29) is 11.5 Å². The van der Waals surface area contributed by atoms with Crippen molar-refractivity contribution in [3.8, 4) is 11.8 Å². The lowest BCUT2D eigenvalue weighted by Crippen LogP contribution is -2.27. The third kappa shape index (κ3) is 4.06. The molecule has 0 N–H and O–H groups in total. The quantitative estimate of drug-likeness (QED) is 0.575. The van der Waals surface area contributed by atoms with Crippen molar-refractivity contribution in [3.63, 3.8) is 0 Å². The fourth-order valence-corrected chi connectivity index (χ4v) is 3.46. The predicted molar refractivity (Wildman–Crippen MR) is 105 cm³/mol. The van der Waals surface area contributed by atoms with E-state index in [2.05, 4.69) is 30.6 Å². The van der Waals surface area contributed by atoms with Gasteiger partial charge in [0.2, 0.25) is 0 Å². The molecular weight excluding hydrogens is 338 g/mol. The van der Waals surface area contributed by atoms with Crippen LogP contribution in [0.3, 0.4) is 0 Å². The van der Waals surface area contributed by atoms with Crippen LogP contribution in [0.4, 0.5) is 0 Å². The van der Waals surface area contributed by atoms with E-state index in [1.807, 2.05) is 24.3 Å². The third-order valence-electron chi connectivity index (χ3n) is 4.99. The highest BCUT2D eigenvalue weighted by Gasteiger charge is 2.27. The number of carbonyl (C=O) groups excluding carboxylic acids is 1. The number of aryl methyl sites for hydroxylation is 1. The predicted octanol–water partition coefficient (Wildman–Crippen LogP) is 4.01. The molecule has 3 rings (SSSR count). The lowest BCUT2D eigenvalue weighted by molar-refractivity contribution is -0.125. The van der Waals surface area contributed by atoms with Gasteiger partial charge in [-0.2, -0.15) is 5.26 Å². The summed E-state index contributed by atoms with van der Waals surface area (Å²) in [6, 6.07) is 12.3. The number of amides is 1. The van der Waals surface area contributed by atoms with Crippen LogP contribution in [-0.4, -0.2) is 29.5 Å². The van der Waals surface area contributed by atoms with E-state index in [9.17, 15) is 10.1 Å². The number of methoxy groups -OCH3 is 1. The zero-order valence-corrected chi connectivity index (χ0v) is 16.3. The Morgan fingerprint density at radius 3 is 2.74 bits per heavy atom. The average Bonchev–Trinajstić information content (AvgIpc) is 3.45. The van der Waals surface area contributed by atoms with Gasteiger partial charge in [0.15, 0.2) is 0 Å². The minimum Gasteiger partial charge on any atom is -0.497 e. The first-order valence-corrected chi connectivity index (χ1v) is 9.13. The van der Waals surface area contributed by atoms with Crippen LogP contribution in [0.5, 0.6) is 5.75 Å². The molecule has 1 aromatic carbocycles. The van der Waals surface area contributed by atoms with Crippen molar-refractivity contribution in [2.75, 3.05) is 14.2 Å². The van der Waals surface area contributed by atoms with Crippen LogP contribution in [0.25, 0.3) is 6.08 Å². The van der Waals surface area contributed by atoms with Gasteiger partial charge >= 0.3 is 0 Å². The summed E-state index contributed by atoms with van der Waals surface area (Å²) in [5, 5.41) is 9.55. The smallest absolute Gasteiger partial charge is 0.264 e. The highest BCUT2D eigenvalue weighted by molar-refractivity contribution is 6.01. The van der Waals surface area contributed by atoms with Crippen molar-refractivity contribution >= 4 is 12.0 Å². The first kappa shape index (κ1) is 18.8. The molecule has 140 valence electrons. The molecule has 1 aliphatic rings. The summed E-state index contributed by atoms with van der Waals surface area (Å²) in [5.41, 5.74) is 4.34. The number of nitriles is 1. The minimum atomic E-state index is -0.281. The normalized spacial score (nSPS) is 14.0. The van der Waals surface area contributed by atoms with E-state index >= 15 is 0 Å². The number of likely N-dealkylation sites (N-methyl/N-ethyl adjacent to an activating group) is 1. The van der Waals surface area contributed by atoms with Gasteiger partial charge in [0, 0.05) is 31.0 Å². The number of benzene rings is 1. The highest BCUT2D eigenvalue weighted by atomic mass is 16.5. The summed E-state index contributed by atoms with van der Waals surface area (Å²) in [5.74, 6) is 0.466. The van der Waals surface area contributed by atoms with Gasteiger partial charge in [-0.05, 0) is 62.1 Å². The number of hydrogen-bond acceptors (Lipinski definition) is 3. The molecule has 0 saturated heterocycles. The Bertz CT molecular complexity index is 930. The Balaban J connectivity index is 1.80. The molecule has 1 heterocycles. The second-order valence-corrected chi connectivity index (χ2v) is 7.11. The molecule has 2 aromatic rings. The maximum atomic E-state index is 12.8. The molecule has 0 spiro atoms. The van der Waals surface area contributed by atoms with Crippen LogP contribution in [0.15, 0.2) is 35.9 Å². The number of aromatic nitrogens is 1. The molecule has 27 heavy (non-hydrogen) atoms. The topological polar surface area (TPSA) is 58.3 Å². The third-order valence-corrected chi connectivity index (χ3v) is 4.99. The van der Waals surface area contributed by atoms with Crippen molar-refractivity contribution < 1.29 is 9.53 Å². The van der Waals surface area contributed by atoms with E-state index in [1.54, 1.807) is 25.1 Å². The van der Waals surface area contributed by atoms with Gasteiger partial charge in [-0.1, -0.05) is 12.1 Å². The molecule has 0 unspecified atom stereocenters. The average molecular weight is 363 g/mol. The zero-order chi connectivity index (χ0) is 19.6. The molecule has 1 amide bonds. The maximum Gasteiger partial charge on any atom is 0.264 e.